The lowest BCUT2D eigenvalue weighted by molar-refractivity contribution is 0.192. The average molecular weight is 352 g/mol. The first-order valence-corrected chi connectivity index (χ1v) is 9.27. The zero-order valence-electron chi connectivity index (χ0n) is 13.3. The van der Waals surface area contributed by atoms with Gasteiger partial charge < -0.3 is 10.7 Å². The Bertz CT molecular complexity index is 979. The second-order valence-electron chi connectivity index (χ2n) is 6.15. The number of nitrogens with zero attached hydrogens (tertiary/aromatic N) is 1. The van der Waals surface area contributed by atoms with E-state index >= 15 is 0 Å². The van der Waals surface area contributed by atoms with Crippen molar-refractivity contribution in [3.63, 3.8) is 0 Å². The fourth-order valence-corrected chi connectivity index (χ4v) is 5.10. The molecule has 24 heavy (non-hydrogen) atoms. The van der Waals surface area contributed by atoms with Crippen LogP contribution in [0.1, 0.15) is 19.8 Å². The van der Waals surface area contributed by atoms with Gasteiger partial charge in [0.15, 0.2) is 0 Å². The number of aromatic nitrogens is 2. The Kier molecular flexibility index (Phi) is 4.33. The van der Waals surface area contributed by atoms with Crippen molar-refractivity contribution in [3.8, 4) is 0 Å². The first-order chi connectivity index (χ1) is 11.3. The summed E-state index contributed by atoms with van der Waals surface area (Å²) in [6.07, 6.45) is 1.71. The first-order valence-electron chi connectivity index (χ1n) is 7.83. The molecular formula is C15H20N4O4S. The molecule has 1 aliphatic heterocycles. The summed E-state index contributed by atoms with van der Waals surface area (Å²) in [6.45, 7) is 2.66. The van der Waals surface area contributed by atoms with E-state index in [0.717, 1.165) is 12.8 Å². The topological polar surface area (TPSA) is 129 Å². The summed E-state index contributed by atoms with van der Waals surface area (Å²) in [4.78, 5) is 27.8. The number of H-pyrrole nitrogens is 2. The van der Waals surface area contributed by atoms with Crippen LogP contribution in [-0.4, -0.2) is 41.8 Å². The maximum Gasteiger partial charge on any atom is 0.326 e. The molecule has 1 aliphatic rings. The van der Waals surface area contributed by atoms with E-state index in [9.17, 15) is 18.0 Å². The Morgan fingerprint density at radius 3 is 2.75 bits per heavy atom. The van der Waals surface area contributed by atoms with Crippen molar-refractivity contribution in [2.45, 2.75) is 30.7 Å². The van der Waals surface area contributed by atoms with Gasteiger partial charge in [-0.2, -0.15) is 4.31 Å². The predicted octanol–water partition coefficient (Wildman–Crippen LogP) is -0.0357. The number of rotatable bonds is 3. The second-order valence-corrected chi connectivity index (χ2v) is 8.04. The second kappa shape index (κ2) is 6.15. The number of sulfonamides is 1. The van der Waals surface area contributed by atoms with Crippen LogP contribution in [0.2, 0.25) is 0 Å². The molecule has 1 aromatic carbocycles. The van der Waals surface area contributed by atoms with Crippen LogP contribution in [-0.2, 0) is 10.0 Å². The maximum atomic E-state index is 13.0. The van der Waals surface area contributed by atoms with Gasteiger partial charge in [0.2, 0.25) is 10.0 Å². The van der Waals surface area contributed by atoms with Gasteiger partial charge in [0.05, 0.1) is 15.8 Å². The van der Waals surface area contributed by atoms with Gasteiger partial charge >= 0.3 is 5.69 Å². The quantitative estimate of drug-likeness (QED) is 0.714. The number of piperidine rings is 1. The number of fused-ring (bicyclic) bond motifs is 1. The van der Waals surface area contributed by atoms with Gasteiger partial charge in [0, 0.05) is 19.1 Å². The highest BCUT2D eigenvalue weighted by Gasteiger charge is 2.36. The molecule has 1 aromatic heterocycles. The van der Waals surface area contributed by atoms with Crippen molar-refractivity contribution in [1.82, 2.24) is 14.3 Å². The molecule has 0 radical (unpaired) electrons. The van der Waals surface area contributed by atoms with Gasteiger partial charge in [0.1, 0.15) is 0 Å². The number of nitrogens with two attached hydrogens (primary N) is 1. The molecule has 1 saturated heterocycles. The van der Waals surface area contributed by atoms with Gasteiger partial charge in [0.25, 0.3) is 5.56 Å². The molecule has 0 bridgehead atoms. The van der Waals surface area contributed by atoms with E-state index in [1.54, 1.807) is 0 Å². The zero-order chi connectivity index (χ0) is 17.5. The minimum atomic E-state index is -3.77. The molecule has 2 aromatic rings. The lowest BCUT2D eigenvalue weighted by atomic mass is 9.93. The fourth-order valence-electron chi connectivity index (χ4n) is 3.30. The van der Waals surface area contributed by atoms with Crippen LogP contribution < -0.4 is 17.0 Å². The summed E-state index contributed by atoms with van der Waals surface area (Å²) >= 11 is 0. The molecule has 0 spiro atoms. The largest absolute Gasteiger partial charge is 0.329 e. The van der Waals surface area contributed by atoms with E-state index in [1.165, 1.54) is 22.5 Å². The number of hydrogen-bond donors (Lipinski definition) is 3. The highest BCUT2D eigenvalue weighted by molar-refractivity contribution is 7.89. The van der Waals surface area contributed by atoms with E-state index in [4.69, 9.17) is 5.73 Å². The molecule has 0 amide bonds. The number of benzene rings is 1. The van der Waals surface area contributed by atoms with Crippen LogP contribution in [0, 0.1) is 5.92 Å². The van der Waals surface area contributed by atoms with Crippen LogP contribution in [0.3, 0.4) is 0 Å². The highest BCUT2D eigenvalue weighted by Crippen LogP contribution is 2.29. The zero-order valence-corrected chi connectivity index (χ0v) is 14.1. The molecule has 8 nitrogen and oxygen atoms in total. The Morgan fingerprint density at radius 1 is 1.29 bits per heavy atom. The molecular weight excluding hydrogens is 332 g/mol. The first kappa shape index (κ1) is 16.9. The lowest BCUT2D eigenvalue weighted by Crippen LogP contribution is -2.51. The van der Waals surface area contributed by atoms with Crippen LogP contribution in [0.4, 0.5) is 0 Å². The molecule has 4 N–H and O–H groups in total. The Hall–Kier alpha value is -1.97. The van der Waals surface area contributed by atoms with Crippen molar-refractivity contribution in [3.05, 3.63) is 39.0 Å². The standard InChI is InChI=1S/C15H20N4O4S/c1-9-3-2-6-19(13(9)8-16)24(22,23)10-4-5-12-11(7-10)14(20)18-15(21)17-12/h4-5,7,9,13H,2-3,6,8,16H2,1H3,(H2,17,18,20,21). The van der Waals surface area contributed by atoms with Gasteiger partial charge in [-0.25, -0.2) is 13.2 Å². The van der Waals surface area contributed by atoms with Crippen LogP contribution in [0.15, 0.2) is 32.7 Å². The summed E-state index contributed by atoms with van der Waals surface area (Å²) in [5.74, 6) is 0.179. The molecule has 2 heterocycles. The number of aromatic amines is 2. The minimum Gasteiger partial charge on any atom is -0.329 e. The molecule has 2 atom stereocenters. The van der Waals surface area contributed by atoms with E-state index < -0.39 is 21.3 Å². The third-order valence-corrected chi connectivity index (χ3v) is 6.54. The molecule has 0 aliphatic carbocycles. The molecule has 2 unspecified atom stereocenters. The van der Waals surface area contributed by atoms with E-state index in [0.29, 0.717) is 12.1 Å². The van der Waals surface area contributed by atoms with Crippen molar-refractivity contribution in [1.29, 1.82) is 0 Å². The monoisotopic (exact) mass is 352 g/mol. The van der Waals surface area contributed by atoms with Crippen molar-refractivity contribution in [2.24, 2.45) is 11.7 Å². The van der Waals surface area contributed by atoms with Gasteiger partial charge in [-0.3, -0.25) is 9.78 Å². The Morgan fingerprint density at radius 2 is 2.04 bits per heavy atom. The SMILES string of the molecule is CC1CCCN(S(=O)(=O)c2ccc3[nH]c(=O)[nH]c(=O)c3c2)C1CN. The summed E-state index contributed by atoms with van der Waals surface area (Å²) in [6, 6.07) is 3.88. The normalized spacial score (nSPS) is 22.8. The summed E-state index contributed by atoms with van der Waals surface area (Å²) in [5, 5.41) is 0.130. The third kappa shape index (κ3) is 2.79. The van der Waals surface area contributed by atoms with E-state index in [2.05, 4.69) is 9.97 Å². The van der Waals surface area contributed by atoms with Gasteiger partial charge in [-0.05, 0) is 37.0 Å². The van der Waals surface area contributed by atoms with Gasteiger partial charge in [-0.1, -0.05) is 6.92 Å². The van der Waals surface area contributed by atoms with Crippen LogP contribution in [0.25, 0.3) is 10.9 Å². The fraction of sp³-hybridized carbons (Fsp3) is 0.467. The number of nitrogens with one attached hydrogen (secondary N) is 2. The van der Waals surface area contributed by atoms with Gasteiger partial charge in [-0.15, -0.1) is 0 Å². The summed E-state index contributed by atoms with van der Waals surface area (Å²) in [5.41, 5.74) is 4.84. The molecule has 130 valence electrons. The summed E-state index contributed by atoms with van der Waals surface area (Å²) < 4.78 is 27.5. The smallest absolute Gasteiger partial charge is 0.326 e. The van der Waals surface area contributed by atoms with Crippen molar-refractivity contribution < 1.29 is 8.42 Å². The van der Waals surface area contributed by atoms with E-state index in [-0.39, 0.29) is 28.8 Å². The molecule has 0 saturated carbocycles. The predicted molar refractivity (Wildman–Crippen MR) is 90.3 cm³/mol. The minimum absolute atomic E-state index is 0.0279. The maximum absolute atomic E-state index is 13.0. The van der Waals surface area contributed by atoms with E-state index in [1.807, 2.05) is 6.92 Å². The van der Waals surface area contributed by atoms with Crippen molar-refractivity contribution >= 4 is 20.9 Å². The Labute approximate surface area is 138 Å². The highest BCUT2D eigenvalue weighted by atomic mass is 32.2. The molecule has 9 heteroatoms. The third-order valence-electron chi connectivity index (χ3n) is 4.62. The number of hydrogen-bond acceptors (Lipinski definition) is 5. The average Bonchev–Trinajstić information content (AvgIpc) is 2.54. The van der Waals surface area contributed by atoms with Crippen molar-refractivity contribution in [2.75, 3.05) is 13.1 Å². The van der Waals surface area contributed by atoms with Crippen LogP contribution >= 0.6 is 0 Å². The van der Waals surface area contributed by atoms with Crippen LogP contribution in [0.5, 0.6) is 0 Å². The molecule has 1 fully saturated rings. The Balaban J connectivity index is 2.11. The lowest BCUT2D eigenvalue weighted by Gasteiger charge is -2.38. The molecule has 3 rings (SSSR count). The summed E-state index contributed by atoms with van der Waals surface area (Å²) in [7, 11) is -3.77.